The van der Waals surface area contributed by atoms with Crippen LogP contribution in [0.5, 0.6) is 17.2 Å². The largest absolute Gasteiger partial charge is 0.573 e. The summed E-state index contributed by atoms with van der Waals surface area (Å²) in [6.07, 6.45) is -4.92. The van der Waals surface area contributed by atoms with E-state index in [1.807, 2.05) is 0 Å². The number of nitrogens with one attached hydrogen (secondary N) is 1. The van der Waals surface area contributed by atoms with Gasteiger partial charge in [-0.1, -0.05) is 12.1 Å². The number of rotatable bonds is 5. The van der Waals surface area contributed by atoms with Gasteiger partial charge in [-0.3, -0.25) is 9.59 Å². The Bertz CT molecular complexity index is 1190. The Morgan fingerprint density at radius 1 is 1.10 bits per heavy atom. The van der Waals surface area contributed by atoms with Crippen LogP contribution in [0.25, 0.3) is 11.3 Å². The number of fused-ring (bicyclic) bond motifs is 1. The number of halogens is 3. The molecule has 1 N–H and O–H groups in total. The Kier molecular flexibility index (Phi) is 5.24. The molecule has 4 rings (SSSR count). The Hall–Kier alpha value is -4.02. The molecule has 1 aromatic heterocycles. The lowest BCUT2D eigenvalue weighted by atomic mass is 10.1. The molecule has 1 amide bonds. The summed E-state index contributed by atoms with van der Waals surface area (Å²) in [5, 5.41) is 6.47. The van der Waals surface area contributed by atoms with Gasteiger partial charge in [0.15, 0.2) is 17.2 Å². The van der Waals surface area contributed by atoms with Gasteiger partial charge in [0.2, 0.25) is 12.7 Å². The lowest BCUT2D eigenvalue weighted by molar-refractivity contribution is -0.274. The van der Waals surface area contributed by atoms with Gasteiger partial charge in [0.25, 0.3) is 5.56 Å². The molecule has 0 spiro atoms. The zero-order valence-electron chi connectivity index (χ0n) is 15.7. The third-order valence-electron chi connectivity index (χ3n) is 4.22. The van der Waals surface area contributed by atoms with E-state index < -0.39 is 30.1 Å². The van der Waals surface area contributed by atoms with E-state index in [1.54, 1.807) is 18.2 Å². The predicted octanol–water partition coefficient (Wildman–Crippen LogP) is 3.18. The minimum Gasteiger partial charge on any atom is -0.454 e. The minimum absolute atomic E-state index is 0.103. The van der Waals surface area contributed by atoms with Crippen molar-refractivity contribution in [3.05, 3.63) is 65.0 Å². The molecule has 0 bridgehead atoms. The summed E-state index contributed by atoms with van der Waals surface area (Å²) in [6, 6.07) is 12.9. The number of ether oxygens (including phenoxy) is 3. The molecule has 0 unspecified atom stereocenters. The number of alkyl halides is 3. The quantitative estimate of drug-likeness (QED) is 0.665. The van der Waals surface area contributed by atoms with Crippen molar-refractivity contribution in [2.24, 2.45) is 0 Å². The third-order valence-corrected chi connectivity index (χ3v) is 4.22. The van der Waals surface area contributed by atoms with Crippen LogP contribution < -0.4 is 25.1 Å². The van der Waals surface area contributed by atoms with Gasteiger partial charge in [-0.05, 0) is 36.4 Å². The summed E-state index contributed by atoms with van der Waals surface area (Å²) in [7, 11) is 0. The third kappa shape index (κ3) is 4.77. The SMILES string of the molecule is O=C(Cn1nc(-c2ccc3c(c2)OCO3)ccc1=O)Nc1ccccc1OC(F)(F)F. The molecular formula is C20H14F3N3O5. The first-order chi connectivity index (χ1) is 14.8. The van der Waals surface area contributed by atoms with Gasteiger partial charge in [0, 0.05) is 11.6 Å². The highest BCUT2D eigenvalue weighted by molar-refractivity contribution is 5.92. The highest BCUT2D eigenvalue weighted by Gasteiger charge is 2.32. The van der Waals surface area contributed by atoms with Crippen molar-refractivity contribution in [2.75, 3.05) is 12.1 Å². The van der Waals surface area contributed by atoms with Gasteiger partial charge in [0.05, 0.1) is 11.4 Å². The standard InChI is InChI=1S/C20H14F3N3O5/c21-20(22,23)31-15-4-2-1-3-14(15)24-18(27)10-26-19(28)8-6-13(25-26)12-5-7-16-17(9-12)30-11-29-16/h1-9H,10-11H2,(H,24,27). The highest BCUT2D eigenvalue weighted by atomic mass is 19.4. The number of carbonyl (C=O) groups excluding carboxylic acids is 1. The average Bonchev–Trinajstić information content (AvgIpc) is 3.18. The number of nitrogens with zero attached hydrogens (tertiary/aromatic N) is 2. The molecule has 1 aliphatic rings. The fraction of sp³-hybridized carbons (Fsp3) is 0.150. The summed E-state index contributed by atoms with van der Waals surface area (Å²) in [4.78, 5) is 24.5. The van der Waals surface area contributed by atoms with Gasteiger partial charge in [-0.2, -0.15) is 5.10 Å². The number of anilines is 1. The fourth-order valence-corrected chi connectivity index (χ4v) is 2.88. The number of hydrogen-bond donors (Lipinski definition) is 1. The second-order valence-electron chi connectivity index (χ2n) is 6.37. The van der Waals surface area contributed by atoms with Crippen LogP contribution in [0, 0.1) is 0 Å². The van der Waals surface area contributed by atoms with Crippen LogP contribution in [0.1, 0.15) is 0 Å². The lowest BCUT2D eigenvalue weighted by Crippen LogP contribution is -2.29. The molecule has 2 aromatic carbocycles. The van der Waals surface area contributed by atoms with E-state index in [1.165, 1.54) is 30.3 Å². The summed E-state index contributed by atoms with van der Waals surface area (Å²) < 4.78 is 53.0. The average molecular weight is 433 g/mol. The molecule has 3 aromatic rings. The van der Waals surface area contributed by atoms with Crippen molar-refractivity contribution in [2.45, 2.75) is 12.9 Å². The second kappa shape index (κ2) is 8.01. The summed E-state index contributed by atoms with van der Waals surface area (Å²) in [6.45, 7) is -0.414. The maximum atomic E-state index is 12.5. The summed E-state index contributed by atoms with van der Waals surface area (Å²) in [5.41, 5.74) is 0.276. The molecule has 31 heavy (non-hydrogen) atoms. The molecule has 11 heteroatoms. The van der Waals surface area contributed by atoms with Crippen LogP contribution in [-0.2, 0) is 11.3 Å². The highest BCUT2D eigenvalue weighted by Crippen LogP contribution is 2.35. The number of aromatic nitrogens is 2. The second-order valence-corrected chi connectivity index (χ2v) is 6.37. The molecule has 0 atom stereocenters. The molecule has 160 valence electrons. The van der Waals surface area contributed by atoms with Crippen molar-refractivity contribution in [3.63, 3.8) is 0 Å². The van der Waals surface area contributed by atoms with Crippen LogP contribution in [-0.4, -0.2) is 28.8 Å². The number of carbonyl (C=O) groups is 1. The van der Waals surface area contributed by atoms with Crippen LogP contribution in [0.15, 0.2) is 59.4 Å². The number of hydrogen-bond acceptors (Lipinski definition) is 6. The van der Waals surface area contributed by atoms with Crippen molar-refractivity contribution in [1.82, 2.24) is 9.78 Å². The molecule has 8 nitrogen and oxygen atoms in total. The van der Waals surface area contributed by atoms with Crippen molar-refractivity contribution >= 4 is 11.6 Å². The van der Waals surface area contributed by atoms with Gasteiger partial charge in [0.1, 0.15) is 6.54 Å². The summed E-state index contributed by atoms with van der Waals surface area (Å²) >= 11 is 0. The van der Waals surface area contributed by atoms with E-state index in [4.69, 9.17) is 9.47 Å². The molecule has 1 aliphatic heterocycles. The summed E-state index contributed by atoms with van der Waals surface area (Å²) in [5.74, 6) is -0.222. The van der Waals surface area contributed by atoms with Gasteiger partial charge < -0.3 is 19.5 Å². The van der Waals surface area contributed by atoms with E-state index in [0.29, 0.717) is 22.8 Å². The Morgan fingerprint density at radius 2 is 1.87 bits per heavy atom. The van der Waals surface area contributed by atoms with E-state index in [-0.39, 0.29) is 12.5 Å². The lowest BCUT2D eigenvalue weighted by Gasteiger charge is -2.14. The van der Waals surface area contributed by atoms with E-state index >= 15 is 0 Å². The number of benzene rings is 2. The van der Waals surface area contributed by atoms with Gasteiger partial charge in [-0.15, -0.1) is 13.2 Å². The van der Waals surface area contributed by atoms with Crippen molar-refractivity contribution in [3.8, 4) is 28.5 Å². The van der Waals surface area contributed by atoms with Crippen molar-refractivity contribution < 1.29 is 32.2 Å². The fourth-order valence-electron chi connectivity index (χ4n) is 2.88. The molecule has 0 aliphatic carbocycles. The molecule has 0 radical (unpaired) electrons. The smallest absolute Gasteiger partial charge is 0.454 e. The first kappa shape index (κ1) is 20.3. The molecule has 0 saturated carbocycles. The maximum Gasteiger partial charge on any atom is 0.573 e. The van der Waals surface area contributed by atoms with E-state index in [2.05, 4.69) is 15.2 Å². The van der Waals surface area contributed by atoms with Crippen molar-refractivity contribution in [1.29, 1.82) is 0 Å². The number of amides is 1. The Morgan fingerprint density at radius 3 is 2.68 bits per heavy atom. The normalized spacial score (nSPS) is 12.5. The Balaban J connectivity index is 1.53. The zero-order valence-corrected chi connectivity index (χ0v) is 15.7. The minimum atomic E-state index is -4.92. The van der Waals surface area contributed by atoms with Gasteiger partial charge in [-0.25, -0.2) is 4.68 Å². The maximum absolute atomic E-state index is 12.5. The van der Waals surface area contributed by atoms with E-state index in [0.717, 1.165) is 10.7 Å². The van der Waals surface area contributed by atoms with Crippen LogP contribution >= 0.6 is 0 Å². The molecule has 0 saturated heterocycles. The zero-order chi connectivity index (χ0) is 22.0. The van der Waals surface area contributed by atoms with Crippen LogP contribution in [0.3, 0.4) is 0 Å². The monoisotopic (exact) mass is 433 g/mol. The molecular weight excluding hydrogens is 419 g/mol. The first-order valence-corrected chi connectivity index (χ1v) is 8.91. The number of para-hydroxylation sites is 2. The topological polar surface area (TPSA) is 91.7 Å². The Labute approximate surface area is 172 Å². The molecule has 0 fully saturated rings. The molecule has 2 heterocycles. The van der Waals surface area contributed by atoms with E-state index in [9.17, 15) is 22.8 Å². The van der Waals surface area contributed by atoms with Crippen LogP contribution in [0.4, 0.5) is 18.9 Å². The first-order valence-electron chi connectivity index (χ1n) is 8.91. The van der Waals surface area contributed by atoms with Gasteiger partial charge >= 0.3 is 6.36 Å². The van der Waals surface area contributed by atoms with Crippen LogP contribution in [0.2, 0.25) is 0 Å². The predicted molar refractivity (Wildman–Crippen MR) is 102 cm³/mol.